The zero-order chi connectivity index (χ0) is 21.7. The van der Waals surface area contributed by atoms with Gasteiger partial charge in [0.25, 0.3) is 0 Å². The molecule has 0 saturated heterocycles. The summed E-state index contributed by atoms with van der Waals surface area (Å²) in [6.45, 7) is 4.34. The fourth-order valence-electron chi connectivity index (χ4n) is 2.88. The minimum atomic E-state index is -3.51. The predicted molar refractivity (Wildman–Crippen MR) is 120 cm³/mol. The van der Waals surface area contributed by atoms with Gasteiger partial charge in [0.15, 0.2) is 0 Å². The number of anilines is 1. The summed E-state index contributed by atoms with van der Waals surface area (Å²) in [5.74, 6) is 0. The number of benzene rings is 2. The van der Waals surface area contributed by atoms with Crippen LogP contribution in [-0.2, 0) is 16.6 Å². The van der Waals surface area contributed by atoms with Gasteiger partial charge in [-0.15, -0.1) is 11.3 Å². The van der Waals surface area contributed by atoms with Crippen molar-refractivity contribution in [2.45, 2.75) is 31.3 Å². The number of sulfonamides is 1. The lowest BCUT2D eigenvalue weighted by Gasteiger charge is -2.27. The molecule has 0 aliphatic carbocycles. The quantitative estimate of drug-likeness (QED) is 0.572. The van der Waals surface area contributed by atoms with E-state index in [-0.39, 0.29) is 17.0 Å². The second-order valence-electron chi connectivity index (χ2n) is 6.92. The maximum Gasteiger partial charge on any atom is 0.322 e. The molecule has 7 nitrogen and oxygen atoms in total. The molecule has 0 atom stereocenters. The molecule has 0 radical (unpaired) electrons. The van der Waals surface area contributed by atoms with Gasteiger partial charge in [-0.3, -0.25) is 0 Å². The van der Waals surface area contributed by atoms with Crippen molar-refractivity contribution in [3.63, 3.8) is 0 Å². The number of hydrogen-bond acceptors (Lipinski definition) is 5. The Hall–Kier alpha value is -2.75. The van der Waals surface area contributed by atoms with E-state index in [0.717, 1.165) is 16.1 Å². The number of nitrogens with zero attached hydrogens (tertiary/aromatic N) is 2. The molecule has 0 aliphatic heterocycles. The SMILES string of the molecule is CNS(=O)(=O)c1ccc(NC(=O)N(Cc2cccc(-c3nccs3)c2)C(C)C)cc1. The van der Waals surface area contributed by atoms with Crippen LogP contribution in [0.15, 0.2) is 65.0 Å². The van der Waals surface area contributed by atoms with E-state index in [1.54, 1.807) is 34.6 Å². The number of carbonyl (C=O) groups excluding carboxylic acids is 1. The van der Waals surface area contributed by atoms with Crippen molar-refractivity contribution in [3.05, 3.63) is 65.7 Å². The predicted octanol–water partition coefficient (Wildman–Crippen LogP) is 4.16. The molecule has 0 saturated carbocycles. The summed E-state index contributed by atoms with van der Waals surface area (Å²) in [4.78, 5) is 19.1. The maximum absolute atomic E-state index is 12.9. The zero-order valence-corrected chi connectivity index (χ0v) is 18.6. The molecule has 0 unspecified atom stereocenters. The average molecular weight is 445 g/mol. The molecule has 1 aromatic heterocycles. The summed E-state index contributed by atoms with van der Waals surface area (Å²) >= 11 is 1.57. The highest BCUT2D eigenvalue weighted by molar-refractivity contribution is 7.89. The third-order valence-electron chi connectivity index (χ3n) is 4.53. The summed E-state index contributed by atoms with van der Waals surface area (Å²) in [6.07, 6.45) is 1.77. The summed E-state index contributed by atoms with van der Waals surface area (Å²) in [7, 11) is -2.16. The Kier molecular flexibility index (Phi) is 6.86. The Morgan fingerprint density at radius 1 is 1.17 bits per heavy atom. The molecule has 2 amide bonds. The molecular formula is C21H24N4O3S2. The molecule has 0 bridgehead atoms. The van der Waals surface area contributed by atoms with Crippen LogP contribution in [0.4, 0.5) is 10.5 Å². The summed E-state index contributed by atoms with van der Waals surface area (Å²) < 4.78 is 25.9. The van der Waals surface area contributed by atoms with Crippen LogP contribution in [0.5, 0.6) is 0 Å². The largest absolute Gasteiger partial charge is 0.322 e. The third kappa shape index (κ3) is 5.24. The van der Waals surface area contributed by atoms with Crippen molar-refractivity contribution < 1.29 is 13.2 Å². The molecule has 30 heavy (non-hydrogen) atoms. The number of nitrogens with one attached hydrogen (secondary N) is 2. The molecule has 0 aliphatic rings. The monoisotopic (exact) mass is 444 g/mol. The molecule has 3 rings (SSSR count). The Bertz CT molecular complexity index is 1100. The molecule has 158 valence electrons. The Morgan fingerprint density at radius 3 is 2.50 bits per heavy atom. The van der Waals surface area contributed by atoms with E-state index >= 15 is 0 Å². The van der Waals surface area contributed by atoms with E-state index in [9.17, 15) is 13.2 Å². The van der Waals surface area contributed by atoms with Crippen molar-refractivity contribution in [3.8, 4) is 10.6 Å². The van der Waals surface area contributed by atoms with Gasteiger partial charge in [0.1, 0.15) is 5.01 Å². The summed E-state index contributed by atoms with van der Waals surface area (Å²) in [5.41, 5.74) is 2.55. The molecule has 0 fully saturated rings. The molecule has 9 heteroatoms. The lowest BCUT2D eigenvalue weighted by atomic mass is 10.1. The zero-order valence-electron chi connectivity index (χ0n) is 17.0. The van der Waals surface area contributed by atoms with Gasteiger partial charge >= 0.3 is 6.03 Å². The second-order valence-corrected chi connectivity index (χ2v) is 9.70. The number of aromatic nitrogens is 1. The fourth-order valence-corrected chi connectivity index (χ4v) is 4.25. The number of thiazole rings is 1. The van der Waals surface area contributed by atoms with Crippen molar-refractivity contribution in [2.75, 3.05) is 12.4 Å². The Labute approximate surface area is 180 Å². The topological polar surface area (TPSA) is 91.4 Å². The maximum atomic E-state index is 12.9. The van der Waals surface area contributed by atoms with Gasteiger partial charge in [-0.25, -0.2) is 22.9 Å². The number of carbonyl (C=O) groups is 1. The van der Waals surface area contributed by atoms with Gasteiger partial charge in [-0.1, -0.05) is 18.2 Å². The van der Waals surface area contributed by atoms with Crippen molar-refractivity contribution >= 4 is 33.1 Å². The highest BCUT2D eigenvalue weighted by Crippen LogP contribution is 2.23. The van der Waals surface area contributed by atoms with E-state index < -0.39 is 10.0 Å². The highest BCUT2D eigenvalue weighted by atomic mass is 32.2. The van der Waals surface area contributed by atoms with Crippen LogP contribution < -0.4 is 10.0 Å². The van der Waals surface area contributed by atoms with Crippen LogP contribution >= 0.6 is 11.3 Å². The van der Waals surface area contributed by atoms with Crippen LogP contribution in [-0.4, -0.2) is 37.4 Å². The first-order chi connectivity index (χ1) is 14.3. The molecule has 0 spiro atoms. The van der Waals surface area contributed by atoms with Crippen molar-refractivity contribution in [1.82, 2.24) is 14.6 Å². The smallest absolute Gasteiger partial charge is 0.318 e. The number of amides is 2. The van der Waals surface area contributed by atoms with Crippen LogP contribution in [0.1, 0.15) is 19.4 Å². The average Bonchev–Trinajstić information content (AvgIpc) is 3.27. The standard InChI is InChI=1S/C21H24N4O3S2/c1-15(2)25(14-16-5-4-6-17(13-16)20-23-11-12-29-20)21(26)24-18-7-9-19(10-8-18)30(27,28)22-3/h4-13,15,22H,14H2,1-3H3,(H,24,26). The van der Waals surface area contributed by atoms with Gasteiger partial charge in [0.05, 0.1) is 4.90 Å². The van der Waals surface area contributed by atoms with Crippen LogP contribution in [0.2, 0.25) is 0 Å². The number of hydrogen-bond donors (Lipinski definition) is 2. The van der Waals surface area contributed by atoms with Gasteiger partial charge in [-0.05, 0) is 56.8 Å². The van der Waals surface area contributed by atoms with Crippen LogP contribution in [0.3, 0.4) is 0 Å². The first-order valence-corrected chi connectivity index (χ1v) is 11.8. The first kappa shape index (κ1) is 21.9. The van der Waals surface area contributed by atoms with Gasteiger partial charge < -0.3 is 10.2 Å². The van der Waals surface area contributed by atoms with Gasteiger partial charge in [0.2, 0.25) is 10.0 Å². The normalized spacial score (nSPS) is 11.5. The number of urea groups is 1. The molecule has 1 heterocycles. The summed E-state index contributed by atoms with van der Waals surface area (Å²) in [6, 6.07) is 13.8. The lowest BCUT2D eigenvalue weighted by molar-refractivity contribution is 0.193. The minimum absolute atomic E-state index is 0.0301. The fraction of sp³-hybridized carbons (Fsp3) is 0.238. The molecular weight excluding hydrogens is 420 g/mol. The molecule has 2 aromatic carbocycles. The highest BCUT2D eigenvalue weighted by Gasteiger charge is 2.18. The molecule has 2 N–H and O–H groups in total. The lowest BCUT2D eigenvalue weighted by Crippen LogP contribution is -2.39. The second kappa shape index (κ2) is 9.38. The van der Waals surface area contributed by atoms with Gasteiger partial charge in [0, 0.05) is 35.4 Å². The van der Waals surface area contributed by atoms with Gasteiger partial charge in [-0.2, -0.15) is 0 Å². The van der Waals surface area contributed by atoms with E-state index in [0.29, 0.717) is 12.2 Å². The Morgan fingerprint density at radius 2 is 1.90 bits per heavy atom. The van der Waals surface area contributed by atoms with Crippen LogP contribution in [0, 0.1) is 0 Å². The van der Waals surface area contributed by atoms with E-state index in [2.05, 4.69) is 15.0 Å². The number of rotatable bonds is 7. The van der Waals surface area contributed by atoms with Crippen molar-refractivity contribution in [1.29, 1.82) is 0 Å². The minimum Gasteiger partial charge on any atom is -0.318 e. The Balaban J connectivity index is 1.74. The third-order valence-corrected chi connectivity index (χ3v) is 6.78. The van der Waals surface area contributed by atoms with E-state index in [1.807, 2.05) is 43.5 Å². The van der Waals surface area contributed by atoms with E-state index in [1.165, 1.54) is 19.2 Å². The summed E-state index contributed by atoms with van der Waals surface area (Å²) in [5, 5.41) is 5.72. The van der Waals surface area contributed by atoms with E-state index in [4.69, 9.17) is 0 Å². The first-order valence-electron chi connectivity index (χ1n) is 9.40. The van der Waals surface area contributed by atoms with Crippen LogP contribution in [0.25, 0.3) is 10.6 Å². The molecule has 3 aromatic rings. The van der Waals surface area contributed by atoms with Crippen molar-refractivity contribution in [2.24, 2.45) is 0 Å².